The minimum absolute atomic E-state index is 0.0431. The number of aromatic nitrogens is 1. The molecule has 1 aliphatic heterocycles. The van der Waals surface area contributed by atoms with Gasteiger partial charge in [-0.3, -0.25) is 4.79 Å². The number of hydrogen-bond donors (Lipinski definition) is 1. The Kier molecular flexibility index (Phi) is 3.94. The largest absolute Gasteiger partial charge is 0.363 e. The molecule has 0 aliphatic carbocycles. The van der Waals surface area contributed by atoms with E-state index in [4.69, 9.17) is 21.9 Å². The van der Waals surface area contributed by atoms with Crippen molar-refractivity contribution in [3.05, 3.63) is 41.1 Å². The summed E-state index contributed by atoms with van der Waals surface area (Å²) in [7, 11) is 0. The maximum absolute atomic E-state index is 12.6. The van der Waals surface area contributed by atoms with Crippen LogP contribution >= 0.6 is 11.6 Å². The van der Waals surface area contributed by atoms with Crippen molar-refractivity contribution in [1.29, 1.82) is 0 Å². The lowest BCUT2D eigenvalue weighted by atomic mass is 10.0. The summed E-state index contributed by atoms with van der Waals surface area (Å²) in [6, 6.07) is 7.20. The van der Waals surface area contributed by atoms with Crippen LogP contribution < -0.4 is 5.73 Å². The highest BCUT2D eigenvalue weighted by Gasteiger charge is 2.26. The molecule has 1 fully saturated rings. The maximum atomic E-state index is 12.6. The van der Waals surface area contributed by atoms with Crippen molar-refractivity contribution >= 4 is 17.5 Å². The van der Waals surface area contributed by atoms with Gasteiger partial charge in [-0.25, -0.2) is 0 Å². The number of nitrogens with zero attached hydrogens (tertiary/aromatic N) is 2. The molecule has 2 heterocycles. The summed E-state index contributed by atoms with van der Waals surface area (Å²) in [5.74, 6) is -0.0867. The third-order valence-corrected chi connectivity index (χ3v) is 3.91. The average Bonchev–Trinajstić information content (AvgIpc) is 2.96. The van der Waals surface area contributed by atoms with Gasteiger partial charge in [-0.15, -0.1) is 0 Å². The average molecular weight is 306 g/mol. The molecule has 110 valence electrons. The second kappa shape index (κ2) is 5.87. The van der Waals surface area contributed by atoms with E-state index in [0.29, 0.717) is 22.8 Å². The summed E-state index contributed by atoms with van der Waals surface area (Å²) in [4.78, 5) is 14.4. The first-order valence-corrected chi connectivity index (χ1v) is 7.28. The minimum Gasteiger partial charge on any atom is -0.363 e. The predicted octanol–water partition coefficient (Wildman–Crippen LogP) is 2.56. The molecular formula is C15H16ClN3O2. The molecule has 0 spiro atoms. The number of likely N-dealkylation sites (tertiary alicyclic amines) is 1. The number of nitrogens with two attached hydrogens (primary N) is 1. The minimum atomic E-state index is -0.0867. The molecule has 1 amide bonds. The third kappa shape index (κ3) is 2.94. The van der Waals surface area contributed by atoms with Gasteiger partial charge < -0.3 is 15.2 Å². The first kappa shape index (κ1) is 14.1. The summed E-state index contributed by atoms with van der Waals surface area (Å²) in [5, 5.41) is 4.59. The topological polar surface area (TPSA) is 72.4 Å². The van der Waals surface area contributed by atoms with E-state index in [1.807, 2.05) is 12.1 Å². The number of carbonyl (C=O) groups is 1. The summed E-state index contributed by atoms with van der Waals surface area (Å²) in [5.41, 5.74) is 7.74. The molecule has 0 saturated carbocycles. The monoisotopic (exact) mass is 305 g/mol. The van der Waals surface area contributed by atoms with Crippen LogP contribution in [0.3, 0.4) is 0 Å². The van der Waals surface area contributed by atoms with Gasteiger partial charge in [0.25, 0.3) is 5.91 Å². The lowest BCUT2D eigenvalue weighted by Crippen LogP contribution is -2.45. The summed E-state index contributed by atoms with van der Waals surface area (Å²) >= 11 is 5.88. The highest BCUT2D eigenvalue weighted by Crippen LogP contribution is 2.25. The van der Waals surface area contributed by atoms with Crippen LogP contribution in [0.25, 0.3) is 11.3 Å². The van der Waals surface area contributed by atoms with E-state index in [1.54, 1.807) is 17.0 Å². The smallest absolute Gasteiger partial charge is 0.259 e. The molecule has 21 heavy (non-hydrogen) atoms. The Labute approximate surface area is 127 Å². The van der Waals surface area contributed by atoms with Gasteiger partial charge in [-0.2, -0.15) is 0 Å². The van der Waals surface area contributed by atoms with Crippen molar-refractivity contribution in [1.82, 2.24) is 10.1 Å². The van der Waals surface area contributed by atoms with E-state index in [-0.39, 0.29) is 11.9 Å². The maximum Gasteiger partial charge on any atom is 0.259 e. The normalized spacial score (nSPS) is 18.8. The zero-order chi connectivity index (χ0) is 14.8. The van der Waals surface area contributed by atoms with E-state index in [2.05, 4.69) is 5.16 Å². The Morgan fingerprint density at radius 3 is 2.86 bits per heavy atom. The van der Waals surface area contributed by atoms with Crippen LogP contribution in [-0.4, -0.2) is 35.1 Å². The van der Waals surface area contributed by atoms with Gasteiger partial charge in [0, 0.05) is 29.7 Å². The van der Waals surface area contributed by atoms with E-state index >= 15 is 0 Å². The third-order valence-electron chi connectivity index (χ3n) is 3.66. The number of rotatable bonds is 2. The van der Waals surface area contributed by atoms with Crippen molar-refractivity contribution in [3.63, 3.8) is 0 Å². The molecule has 1 atom stereocenters. The van der Waals surface area contributed by atoms with Crippen LogP contribution in [0.5, 0.6) is 0 Å². The summed E-state index contributed by atoms with van der Waals surface area (Å²) in [6.07, 6.45) is 3.28. The number of hydrogen-bond acceptors (Lipinski definition) is 4. The second-order valence-corrected chi connectivity index (χ2v) is 5.67. The molecule has 2 N–H and O–H groups in total. The Bertz CT molecular complexity index is 639. The molecule has 3 rings (SSSR count). The fourth-order valence-electron chi connectivity index (χ4n) is 2.57. The quantitative estimate of drug-likeness (QED) is 0.925. The molecule has 0 bridgehead atoms. The highest BCUT2D eigenvalue weighted by atomic mass is 35.5. The number of benzene rings is 1. The fourth-order valence-corrected chi connectivity index (χ4v) is 2.70. The molecule has 1 aromatic carbocycles. The molecule has 1 unspecified atom stereocenters. The first-order valence-electron chi connectivity index (χ1n) is 6.90. The summed E-state index contributed by atoms with van der Waals surface area (Å²) < 4.78 is 5.01. The number of piperidine rings is 1. The van der Waals surface area contributed by atoms with Gasteiger partial charge in [0.2, 0.25) is 0 Å². The van der Waals surface area contributed by atoms with E-state index < -0.39 is 0 Å². The summed E-state index contributed by atoms with van der Waals surface area (Å²) in [6.45, 7) is 1.29. The predicted molar refractivity (Wildman–Crippen MR) is 80.1 cm³/mol. The molecule has 2 aromatic rings. The van der Waals surface area contributed by atoms with Gasteiger partial charge in [-0.1, -0.05) is 28.9 Å². The zero-order valence-corrected chi connectivity index (χ0v) is 12.2. The molecule has 1 aliphatic rings. The van der Waals surface area contributed by atoms with Crippen LogP contribution in [-0.2, 0) is 0 Å². The first-order chi connectivity index (χ1) is 10.1. The SMILES string of the molecule is NC1CCCN(C(=O)c2conc2-c2ccc(Cl)cc2)C1. The number of halogens is 1. The van der Waals surface area contributed by atoms with Crippen LogP contribution in [0.1, 0.15) is 23.2 Å². The van der Waals surface area contributed by atoms with Crippen molar-refractivity contribution < 1.29 is 9.32 Å². The van der Waals surface area contributed by atoms with Gasteiger partial charge >= 0.3 is 0 Å². The molecule has 6 heteroatoms. The van der Waals surface area contributed by atoms with Gasteiger partial charge in [0.15, 0.2) is 0 Å². The Balaban J connectivity index is 1.88. The van der Waals surface area contributed by atoms with Crippen molar-refractivity contribution in [2.24, 2.45) is 5.73 Å². The molecule has 5 nitrogen and oxygen atoms in total. The molecule has 1 aromatic heterocycles. The van der Waals surface area contributed by atoms with E-state index in [1.165, 1.54) is 6.26 Å². The Morgan fingerprint density at radius 1 is 1.38 bits per heavy atom. The molecular weight excluding hydrogens is 290 g/mol. The van der Waals surface area contributed by atoms with Crippen LogP contribution in [0.2, 0.25) is 5.02 Å². The van der Waals surface area contributed by atoms with Gasteiger partial charge in [-0.05, 0) is 25.0 Å². The number of amides is 1. The highest BCUT2D eigenvalue weighted by molar-refractivity contribution is 6.30. The van der Waals surface area contributed by atoms with E-state index in [0.717, 1.165) is 24.9 Å². The molecule has 0 radical (unpaired) electrons. The van der Waals surface area contributed by atoms with Crippen LogP contribution in [0.4, 0.5) is 0 Å². The lowest BCUT2D eigenvalue weighted by molar-refractivity contribution is 0.0709. The van der Waals surface area contributed by atoms with Crippen molar-refractivity contribution in [2.75, 3.05) is 13.1 Å². The Morgan fingerprint density at radius 2 is 2.14 bits per heavy atom. The van der Waals surface area contributed by atoms with Gasteiger partial charge in [0.1, 0.15) is 17.5 Å². The van der Waals surface area contributed by atoms with Crippen molar-refractivity contribution in [3.8, 4) is 11.3 Å². The standard InChI is InChI=1S/C15H16ClN3O2/c16-11-5-3-10(4-6-11)14-13(9-21-18-14)15(20)19-7-1-2-12(17)8-19/h3-6,9,12H,1-2,7-8,17H2. The van der Waals surface area contributed by atoms with Crippen LogP contribution in [0, 0.1) is 0 Å². The molecule has 1 saturated heterocycles. The fraction of sp³-hybridized carbons (Fsp3) is 0.333. The zero-order valence-electron chi connectivity index (χ0n) is 11.5. The van der Waals surface area contributed by atoms with Crippen molar-refractivity contribution in [2.45, 2.75) is 18.9 Å². The van der Waals surface area contributed by atoms with Crippen LogP contribution in [0.15, 0.2) is 35.1 Å². The second-order valence-electron chi connectivity index (χ2n) is 5.24. The lowest BCUT2D eigenvalue weighted by Gasteiger charge is -2.30. The Hall–Kier alpha value is -1.85. The number of carbonyl (C=O) groups excluding carboxylic acids is 1. The van der Waals surface area contributed by atoms with E-state index in [9.17, 15) is 4.79 Å². The van der Waals surface area contributed by atoms with Gasteiger partial charge in [0.05, 0.1) is 0 Å².